The summed E-state index contributed by atoms with van der Waals surface area (Å²) < 4.78 is 1.87. The van der Waals surface area contributed by atoms with Crippen molar-refractivity contribution in [2.45, 2.75) is 6.92 Å². The summed E-state index contributed by atoms with van der Waals surface area (Å²) in [5.41, 5.74) is 2.33. The minimum Gasteiger partial charge on any atom is -0.312 e. The molecule has 3 rings (SSSR count). The molecule has 0 unspecified atom stereocenters. The Labute approximate surface area is 96.8 Å². The van der Waals surface area contributed by atoms with Crippen LogP contribution in [-0.2, 0) is 0 Å². The quantitative estimate of drug-likeness (QED) is 0.682. The van der Waals surface area contributed by atoms with Crippen molar-refractivity contribution in [3.8, 4) is 5.69 Å². The summed E-state index contributed by atoms with van der Waals surface area (Å²) in [6.07, 6.45) is 6.75. The van der Waals surface area contributed by atoms with Gasteiger partial charge in [0.15, 0.2) is 5.65 Å². The molecule has 0 fully saturated rings. The number of aryl methyl sites for hydroxylation is 1. The van der Waals surface area contributed by atoms with E-state index in [1.54, 1.807) is 12.4 Å². The highest BCUT2D eigenvalue weighted by Crippen LogP contribution is 2.18. The number of rotatable bonds is 1. The Morgan fingerprint density at radius 1 is 1.41 bits per heavy atom. The van der Waals surface area contributed by atoms with E-state index < -0.39 is 0 Å². The predicted octanol–water partition coefficient (Wildman–Crippen LogP) is 1.42. The van der Waals surface area contributed by atoms with Crippen molar-refractivity contribution >= 4 is 11.0 Å². The fourth-order valence-electron chi connectivity index (χ4n) is 1.94. The molecule has 0 amide bonds. The molecule has 0 saturated heterocycles. The van der Waals surface area contributed by atoms with Gasteiger partial charge in [0.25, 0.3) is 5.56 Å². The van der Waals surface area contributed by atoms with Crippen LogP contribution in [0.3, 0.4) is 0 Å². The maximum Gasteiger partial charge on any atom is 0.260 e. The number of nitrogens with one attached hydrogen (secondary N) is 1. The first-order valence-electron chi connectivity index (χ1n) is 5.23. The van der Waals surface area contributed by atoms with Gasteiger partial charge in [0, 0.05) is 12.4 Å². The number of aromatic nitrogens is 4. The van der Waals surface area contributed by atoms with E-state index >= 15 is 0 Å². The van der Waals surface area contributed by atoms with Crippen LogP contribution in [0.1, 0.15) is 5.56 Å². The van der Waals surface area contributed by atoms with Crippen LogP contribution in [0, 0.1) is 6.92 Å². The Hall–Kier alpha value is -2.43. The molecule has 0 bridgehead atoms. The minimum atomic E-state index is -0.116. The monoisotopic (exact) mass is 226 g/mol. The van der Waals surface area contributed by atoms with Gasteiger partial charge in [-0.05, 0) is 24.6 Å². The van der Waals surface area contributed by atoms with Gasteiger partial charge in [0.1, 0.15) is 0 Å². The fraction of sp³-hybridized carbons (Fsp3) is 0.0833. The Kier molecular flexibility index (Phi) is 2.04. The van der Waals surface area contributed by atoms with Crippen LogP contribution in [0.25, 0.3) is 16.7 Å². The number of hydrogen-bond acceptors (Lipinski definition) is 3. The maximum atomic E-state index is 11.7. The van der Waals surface area contributed by atoms with Crippen molar-refractivity contribution in [3.63, 3.8) is 0 Å². The highest BCUT2D eigenvalue weighted by molar-refractivity contribution is 5.80. The highest BCUT2D eigenvalue weighted by atomic mass is 16.1. The van der Waals surface area contributed by atoms with Crippen LogP contribution in [-0.4, -0.2) is 19.5 Å². The van der Waals surface area contributed by atoms with E-state index in [0.717, 1.165) is 11.3 Å². The van der Waals surface area contributed by atoms with Crippen LogP contribution in [0.4, 0.5) is 0 Å². The molecule has 0 aliphatic carbocycles. The molecule has 0 aliphatic heterocycles. The van der Waals surface area contributed by atoms with Gasteiger partial charge in [-0.1, -0.05) is 0 Å². The maximum absolute atomic E-state index is 11.7. The van der Waals surface area contributed by atoms with E-state index in [1.165, 1.54) is 6.33 Å². The normalized spacial score (nSPS) is 10.9. The van der Waals surface area contributed by atoms with Crippen LogP contribution in [0.2, 0.25) is 0 Å². The topological polar surface area (TPSA) is 63.6 Å². The zero-order valence-corrected chi connectivity index (χ0v) is 9.21. The number of fused-ring (bicyclic) bond motifs is 1. The summed E-state index contributed by atoms with van der Waals surface area (Å²) in [6, 6.07) is 3.78. The number of nitrogens with zero attached hydrogens (tertiary/aromatic N) is 3. The van der Waals surface area contributed by atoms with Crippen molar-refractivity contribution in [2.24, 2.45) is 0 Å². The van der Waals surface area contributed by atoms with Crippen LogP contribution >= 0.6 is 0 Å². The molecule has 3 heterocycles. The van der Waals surface area contributed by atoms with E-state index in [2.05, 4.69) is 15.0 Å². The van der Waals surface area contributed by atoms with E-state index in [4.69, 9.17) is 0 Å². The SMILES string of the molecule is Cc1cn(-c2cccnc2)c2nc[nH]c(=O)c12. The van der Waals surface area contributed by atoms with Gasteiger partial charge in [-0.25, -0.2) is 4.98 Å². The van der Waals surface area contributed by atoms with Gasteiger partial charge in [0.2, 0.25) is 0 Å². The van der Waals surface area contributed by atoms with Gasteiger partial charge >= 0.3 is 0 Å². The molecule has 17 heavy (non-hydrogen) atoms. The molecule has 0 atom stereocenters. The van der Waals surface area contributed by atoms with E-state index in [-0.39, 0.29) is 5.56 Å². The zero-order chi connectivity index (χ0) is 11.8. The summed E-state index contributed by atoms with van der Waals surface area (Å²) >= 11 is 0. The molecule has 5 nitrogen and oxygen atoms in total. The third-order valence-corrected chi connectivity index (χ3v) is 2.70. The second-order valence-corrected chi connectivity index (χ2v) is 3.82. The van der Waals surface area contributed by atoms with Crippen LogP contribution < -0.4 is 5.56 Å². The molecule has 0 saturated carbocycles. The van der Waals surface area contributed by atoms with Gasteiger partial charge in [-0.15, -0.1) is 0 Å². The summed E-state index contributed by atoms with van der Waals surface area (Å²) in [7, 11) is 0. The summed E-state index contributed by atoms with van der Waals surface area (Å²) in [5, 5.41) is 0.622. The lowest BCUT2D eigenvalue weighted by Gasteiger charge is -2.02. The largest absolute Gasteiger partial charge is 0.312 e. The first-order chi connectivity index (χ1) is 8.27. The average Bonchev–Trinajstić information content (AvgIpc) is 2.69. The summed E-state index contributed by atoms with van der Waals surface area (Å²) in [4.78, 5) is 22.6. The van der Waals surface area contributed by atoms with Crippen molar-refractivity contribution in [3.05, 3.63) is 53.0 Å². The van der Waals surface area contributed by atoms with Gasteiger partial charge in [0.05, 0.1) is 23.6 Å². The van der Waals surface area contributed by atoms with Gasteiger partial charge in [-0.2, -0.15) is 0 Å². The first kappa shape index (κ1) is 9.77. The lowest BCUT2D eigenvalue weighted by molar-refractivity contribution is 1.05. The van der Waals surface area contributed by atoms with Crippen LogP contribution in [0.15, 0.2) is 41.8 Å². The third-order valence-electron chi connectivity index (χ3n) is 2.70. The molecule has 0 radical (unpaired) electrons. The Balaban J connectivity index is 2.40. The standard InChI is InChI=1S/C12H10N4O/c1-8-6-16(9-3-2-4-13-5-9)11-10(8)12(17)15-7-14-11/h2-7H,1H3,(H,14,15,17). The average molecular weight is 226 g/mol. The first-order valence-corrected chi connectivity index (χ1v) is 5.23. The second-order valence-electron chi connectivity index (χ2n) is 3.82. The van der Waals surface area contributed by atoms with Crippen molar-refractivity contribution in [1.82, 2.24) is 19.5 Å². The molecular formula is C12H10N4O. The molecule has 0 spiro atoms. The van der Waals surface area contributed by atoms with E-state index in [0.29, 0.717) is 11.0 Å². The van der Waals surface area contributed by atoms with Crippen molar-refractivity contribution in [2.75, 3.05) is 0 Å². The fourth-order valence-corrected chi connectivity index (χ4v) is 1.94. The lowest BCUT2D eigenvalue weighted by atomic mass is 10.3. The van der Waals surface area contributed by atoms with Gasteiger partial charge in [-0.3, -0.25) is 14.3 Å². The molecular weight excluding hydrogens is 216 g/mol. The van der Waals surface area contributed by atoms with Gasteiger partial charge < -0.3 is 4.98 Å². The van der Waals surface area contributed by atoms with Crippen molar-refractivity contribution < 1.29 is 0 Å². The van der Waals surface area contributed by atoms with Crippen molar-refractivity contribution in [1.29, 1.82) is 0 Å². The number of H-pyrrole nitrogens is 1. The second kappa shape index (κ2) is 3.55. The number of aromatic amines is 1. The van der Waals surface area contributed by atoms with Crippen LogP contribution in [0.5, 0.6) is 0 Å². The minimum absolute atomic E-state index is 0.116. The highest BCUT2D eigenvalue weighted by Gasteiger charge is 2.10. The summed E-state index contributed by atoms with van der Waals surface area (Å²) in [5.74, 6) is 0. The molecule has 0 aliphatic rings. The molecule has 3 aromatic rings. The molecule has 0 aromatic carbocycles. The number of pyridine rings is 1. The number of hydrogen-bond donors (Lipinski definition) is 1. The third kappa shape index (κ3) is 1.44. The Morgan fingerprint density at radius 3 is 3.06 bits per heavy atom. The molecule has 3 aromatic heterocycles. The molecule has 5 heteroatoms. The summed E-state index contributed by atoms with van der Waals surface area (Å²) in [6.45, 7) is 1.89. The smallest absolute Gasteiger partial charge is 0.260 e. The molecule has 84 valence electrons. The molecule has 1 N–H and O–H groups in total. The lowest BCUT2D eigenvalue weighted by Crippen LogP contribution is -2.07. The Morgan fingerprint density at radius 2 is 2.29 bits per heavy atom. The predicted molar refractivity (Wildman–Crippen MR) is 64.2 cm³/mol. The Bertz CT molecular complexity index is 727. The van der Waals surface area contributed by atoms with E-state index in [1.807, 2.05) is 29.8 Å². The van der Waals surface area contributed by atoms with E-state index in [9.17, 15) is 4.79 Å². The zero-order valence-electron chi connectivity index (χ0n) is 9.21.